The minimum atomic E-state index is 0.277. The second-order valence-corrected chi connectivity index (χ2v) is 4.78. The van der Waals surface area contributed by atoms with Crippen molar-refractivity contribution in [2.75, 3.05) is 13.7 Å². The van der Waals surface area contributed by atoms with E-state index in [1.807, 2.05) is 0 Å². The molecule has 0 aromatic carbocycles. The average Bonchev–Trinajstić information content (AvgIpc) is 2.09. The van der Waals surface area contributed by atoms with Gasteiger partial charge in [0.05, 0.1) is 11.1 Å². The van der Waals surface area contributed by atoms with Gasteiger partial charge in [0.25, 0.3) is 0 Å². The van der Waals surface area contributed by atoms with Crippen molar-refractivity contribution in [2.24, 2.45) is 0 Å². The van der Waals surface area contributed by atoms with Crippen molar-refractivity contribution >= 4 is 31.9 Å². The van der Waals surface area contributed by atoms with Crippen molar-refractivity contribution in [3.8, 4) is 0 Å². The molecule has 0 aliphatic carbocycles. The van der Waals surface area contributed by atoms with E-state index in [0.29, 0.717) is 6.61 Å². The smallest absolute Gasteiger partial charge is 0.129 e. The van der Waals surface area contributed by atoms with Crippen LogP contribution in [0.15, 0.2) is 16.9 Å². The molecule has 1 unspecified atom stereocenters. The molecule has 1 aromatic rings. The summed E-state index contributed by atoms with van der Waals surface area (Å²) in [5, 5.41) is 0. The summed E-state index contributed by atoms with van der Waals surface area (Å²) in [7, 11) is 1.68. The molecule has 72 valence electrons. The molecule has 1 heterocycles. The third kappa shape index (κ3) is 4.15. The predicted octanol–water partition coefficient (Wildman–Crippen LogP) is 2.19. The highest BCUT2D eigenvalue weighted by Gasteiger charge is 2.06. The fourth-order valence-electron chi connectivity index (χ4n) is 0.882. The Hall–Kier alpha value is -0.0000000000000000555. The van der Waals surface area contributed by atoms with Crippen LogP contribution in [0.5, 0.6) is 0 Å². The molecule has 0 saturated heterocycles. The van der Waals surface area contributed by atoms with Gasteiger partial charge in [-0.1, -0.05) is 15.9 Å². The van der Waals surface area contributed by atoms with Crippen LogP contribution in [0.1, 0.15) is 5.82 Å². The van der Waals surface area contributed by atoms with Gasteiger partial charge in [-0.2, -0.15) is 0 Å². The molecule has 1 atom stereocenters. The molecule has 0 amide bonds. The Balaban J connectivity index is 2.49. The zero-order valence-electron chi connectivity index (χ0n) is 7.20. The van der Waals surface area contributed by atoms with Crippen LogP contribution in [0.2, 0.25) is 0 Å². The number of aromatic nitrogens is 2. The van der Waals surface area contributed by atoms with E-state index in [1.165, 1.54) is 0 Å². The molecular formula is C8H10Br2N2O. The number of rotatable bonds is 4. The quantitative estimate of drug-likeness (QED) is 0.800. The zero-order chi connectivity index (χ0) is 9.68. The first-order valence-electron chi connectivity index (χ1n) is 3.82. The van der Waals surface area contributed by atoms with E-state index in [0.717, 1.165) is 16.7 Å². The second-order valence-electron chi connectivity index (χ2n) is 2.57. The summed E-state index contributed by atoms with van der Waals surface area (Å²) < 4.78 is 5.89. The summed E-state index contributed by atoms with van der Waals surface area (Å²) in [5.41, 5.74) is 0. The van der Waals surface area contributed by atoms with Crippen molar-refractivity contribution in [3.63, 3.8) is 0 Å². The molecule has 0 N–H and O–H groups in total. The molecule has 1 aromatic heterocycles. The van der Waals surface area contributed by atoms with Gasteiger partial charge in [-0.25, -0.2) is 9.97 Å². The molecule has 3 nitrogen and oxygen atoms in total. The van der Waals surface area contributed by atoms with Gasteiger partial charge >= 0.3 is 0 Å². The fraction of sp³-hybridized carbons (Fsp3) is 0.500. The summed E-state index contributed by atoms with van der Waals surface area (Å²) in [4.78, 5) is 8.59. The Bertz CT molecular complexity index is 253. The monoisotopic (exact) mass is 308 g/mol. The predicted molar refractivity (Wildman–Crippen MR) is 58.0 cm³/mol. The molecule has 0 saturated carbocycles. The van der Waals surface area contributed by atoms with E-state index in [4.69, 9.17) is 4.74 Å². The molecule has 0 spiro atoms. The summed E-state index contributed by atoms with van der Waals surface area (Å²) >= 11 is 6.76. The van der Waals surface area contributed by atoms with Crippen LogP contribution >= 0.6 is 31.9 Å². The number of hydrogen-bond acceptors (Lipinski definition) is 3. The number of hydrogen-bond donors (Lipinski definition) is 0. The van der Waals surface area contributed by atoms with Crippen LogP contribution in [-0.4, -0.2) is 28.5 Å². The Labute approximate surface area is 94.2 Å². The van der Waals surface area contributed by atoms with Crippen molar-refractivity contribution in [3.05, 3.63) is 22.7 Å². The van der Waals surface area contributed by atoms with Gasteiger partial charge in [-0.15, -0.1) is 0 Å². The molecular weight excluding hydrogens is 300 g/mol. The molecule has 0 bridgehead atoms. The molecule has 0 aliphatic heterocycles. The van der Waals surface area contributed by atoms with Crippen LogP contribution in [0.4, 0.5) is 0 Å². The minimum absolute atomic E-state index is 0.277. The fourth-order valence-corrected chi connectivity index (χ4v) is 1.64. The van der Waals surface area contributed by atoms with E-state index >= 15 is 0 Å². The molecule has 0 radical (unpaired) electrons. The molecule has 13 heavy (non-hydrogen) atoms. The van der Waals surface area contributed by atoms with Crippen LogP contribution in [-0.2, 0) is 11.2 Å². The van der Waals surface area contributed by atoms with Gasteiger partial charge < -0.3 is 4.74 Å². The van der Waals surface area contributed by atoms with Gasteiger partial charge in [0, 0.05) is 30.8 Å². The van der Waals surface area contributed by atoms with E-state index in [9.17, 15) is 0 Å². The summed E-state index contributed by atoms with van der Waals surface area (Å²) in [5.74, 6) is 0.821. The Morgan fingerprint density at radius 1 is 1.46 bits per heavy atom. The lowest BCUT2D eigenvalue weighted by molar-refractivity contribution is 0.200. The number of alkyl halides is 1. The third-order valence-corrected chi connectivity index (χ3v) is 2.42. The summed E-state index contributed by atoms with van der Waals surface area (Å²) in [6.07, 6.45) is 4.27. The average molecular weight is 310 g/mol. The largest absolute Gasteiger partial charge is 0.384 e. The lowest BCUT2D eigenvalue weighted by Crippen LogP contribution is -2.12. The molecule has 1 rings (SSSR count). The Morgan fingerprint density at radius 2 is 2.08 bits per heavy atom. The van der Waals surface area contributed by atoms with Gasteiger partial charge in [0.1, 0.15) is 5.82 Å². The van der Waals surface area contributed by atoms with Gasteiger partial charge in [-0.05, 0) is 15.9 Å². The first-order chi connectivity index (χ1) is 6.22. The molecule has 0 aliphatic rings. The maximum absolute atomic E-state index is 4.99. The van der Waals surface area contributed by atoms with Crippen molar-refractivity contribution in [2.45, 2.75) is 11.2 Å². The van der Waals surface area contributed by atoms with Crippen molar-refractivity contribution < 1.29 is 4.74 Å². The lowest BCUT2D eigenvalue weighted by Gasteiger charge is -2.06. The molecule has 0 fully saturated rings. The summed E-state index contributed by atoms with van der Waals surface area (Å²) in [6, 6.07) is 0. The number of ether oxygens (including phenoxy) is 1. The van der Waals surface area contributed by atoms with E-state index in [1.54, 1.807) is 19.5 Å². The van der Waals surface area contributed by atoms with Crippen LogP contribution in [0, 0.1) is 0 Å². The standard InChI is InChI=1S/C8H10Br2N2O/c1-13-5-6(9)2-8-11-3-7(10)4-12-8/h3-4,6H,2,5H2,1H3. The van der Waals surface area contributed by atoms with Crippen molar-refractivity contribution in [1.29, 1.82) is 0 Å². The highest BCUT2D eigenvalue weighted by Crippen LogP contribution is 2.09. The highest BCUT2D eigenvalue weighted by molar-refractivity contribution is 9.10. The third-order valence-electron chi connectivity index (χ3n) is 1.43. The first-order valence-corrected chi connectivity index (χ1v) is 5.52. The maximum Gasteiger partial charge on any atom is 0.129 e. The number of nitrogens with zero attached hydrogens (tertiary/aromatic N) is 2. The zero-order valence-corrected chi connectivity index (χ0v) is 10.4. The topological polar surface area (TPSA) is 35.0 Å². The van der Waals surface area contributed by atoms with E-state index in [2.05, 4.69) is 41.8 Å². The maximum atomic E-state index is 4.99. The van der Waals surface area contributed by atoms with Crippen molar-refractivity contribution in [1.82, 2.24) is 9.97 Å². The first kappa shape index (κ1) is 11.1. The molecule has 5 heteroatoms. The Kier molecular flexibility index (Phi) is 4.83. The minimum Gasteiger partial charge on any atom is -0.384 e. The summed E-state index contributed by atoms with van der Waals surface area (Å²) in [6.45, 7) is 0.666. The second kappa shape index (κ2) is 5.67. The van der Waals surface area contributed by atoms with Crippen LogP contribution < -0.4 is 0 Å². The van der Waals surface area contributed by atoms with E-state index in [-0.39, 0.29) is 4.83 Å². The van der Waals surface area contributed by atoms with Gasteiger partial charge in [-0.3, -0.25) is 0 Å². The van der Waals surface area contributed by atoms with Crippen LogP contribution in [0.3, 0.4) is 0 Å². The lowest BCUT2D eigenvalue weighted by atomic mass is 10.3. The number of halogens is 2. The normalized spacial score (nSPS) is 12.8. The highest BCUT2D eigenvalue weighted by atomic mass is 79.9. The Morgan fingerprint density at radius 3 is 2.62 bits per heavy atom. The van der Waals surface area contributed by atoms with Crippen LogP contribution in [0.25, 0.3) is 0 Å². The van der Waals surface area contributed by atoms with Gasteiger partial charge in [0.2, 0.25) is 0 Å². The SMILES string of the molecule is COCC(Br)Cc1ncc(Br)cn1. The van der Waals surface area contributed by atoms with Gasteiger partial charge in [0.15, 0.2) is 0 Å². The van der Waals surface area contributed by atoms with E-state index < -0.39 is 0 Å². The number of methoxy groups -OCH3 is 1.